The van der Waals surface area contributed by atoms with Crippen LogP contribution >= 0.6 is 0 Å². The van der Waals surface area contributed by atoms with Crippen LogP contribution in [0, 0.1) is 0 Å². The van der Waals surface area contributed by atoms with Crippen molar-refractivity contribution >= 4 is 16.7 Å². The Labute approximate surface area is 132 Å². The molecule has 8 heteroatoms. The number of alkyl halides is 3. The third kappa shape index (κ3) is 2.07. The van der Waals surface area contributed by atoms with Gasteiger partial charge in [0.1, 0.15) is 6.33 Å². The van der Waals surface area contributed by atoms with E-state index in [1.165, 1.54) is 23.0 Å². The predicted molar refractivity (Wildman–Crippen MR) is 81.1 cm³/mol. The van der Waals surface area contributed by atoms with Crippen LogP contribution in [0.3, 0.4) is 0 Å². The summed E-state index contributed by atoms with van der Waals surface area (Å²) in [5.41, 5.74) is -0.231. The third-order valence-corrected chi connectivity index (χ3v) is 3.78. The number of hydrogen-bond acceptors (Lipinski definition) is 3. The molecule has 24 heavy (non-hydrogen) atoms. The molecule has 0 amide bonds. The lowest BCUT2D eigenvalue weighted by Crippen LogP contribution is -2.21. The van der Waals surface area contributed by atoms with Crippen LogP contribution in [0.15, 0.2) is 59.7 Å². The van der Waals surface area contributed by atoms with E-state index in [-0.39, 0.29) is 17.0 Å². The average molecular weight is 330 g/mol. The van der Waals surface area contributed by atoms with E-state index in [1.54, 1.807) is 28.7 Å². The van der Waals surface area contributed by atoms with Gasteiger partial charge in [0.25, 0.3) is 5.56 Å². The standard InChI is InChI=1S/C16H9F3N4O/c17-16(18,19)10-5-7-11(8-6-10)23-14(24)12-3-1-2-4-13(12)22-9-20-21-15(22)23/h1-9H. The molecule has 2 heterocycles. The van der Waals surface area contributed by atoms with E-state index in [0.717, 1.165) is 12.1 Å². The Balaban J connectivity index is 2.04. The minimum atomic E-state index is -4.43. The highest BCUT2D eigenvalue weighted by Gasteiger charge is 2.30. The molecule has 0 bridgehead atoms. The first kappa shape index (κ1) is 14.4. The normalized spacial score (nSPS) is 12.1. The lowest BCUT2D eigenvalue weighted by Gasteiger charge is -2.11. The number of nitrogens with zero attached hydrogens (tertiary/aromatic N) is 4. The van der Waals surface area contributed by atoms with Crippen LogP contribution in [0.2, 0.25) is 0 Å². The quantitative estimate of drug-likeness (QED) is 0.539. The predicted octanol–water partition coefficient (Wildman–Crippen LogP) is 3.05. The van der Waals surface area contributed by atoms with Crippen molar-refractivity contribution in [2.75, 3.05) is 0 Å². The van der Waals surface area contributed by atoms with Gasteiger partial charge in [-0.2, -0.15) is 13.2 Å². The third-order valence-electron chi connectivity index (χ3n) is 3.78. The van der Waals surface area contributed by atoms with Crippen LogP contribution in [0.5, 0.6) is 0 Å². The molecule has 5 nitrogen and oxygen atoms in total. The average Bonchev–Trinajstić information content (AvgIpc) is 3.04. The van der Waals surface area contributed by atoms with Gasteiger partial charge in [-0.15, -0.1) is 10.2 Å². The first-order valence-corrected chi connectivity index (χ1v) is 6.98. The maximum Gasteiger partial charge on any atom is 0.416 e. The molecular weight excluding hydrogens is 321 g/mol. The molecule has 2 aromatic heterocycles. The molecule has 4 rings (SSSR count). The topological polar surface area (TPSA) is 52.2 Å². The maximum absolute atomic E-state index is 12.8. The number of halogens is 3. The molecule has 0 aliphatic carbocycles. The van der Waals surface area contributed by atoms with Gasteiger partial charge in [0.15, 0.2) is 0 Å². The lowest BCUT2D eigenvalue weighted by atomic mass is 10.2. The van der Waals surface area contributed by atoms with Crippen molar-refractivity contribution in [2.24, 2.45) is 0 Å². The van der Waals surface area contributed by atoms with Crippen molar-refractivity contribution in [1.29, 1.82) is 0 Å². The highest BCUT2D eigenvalue weighted by molar-refractivity contribution is 5.80. The van der Waals surface area contributed by atoms with Crippen molar-refractivity contribution in [3.63, 3.8) is 0 Å². The summed E-state index contributed by atoms with van der Waals surface area (Å²) in [5.74, 6) is 0.235. The fourth-order valence-corrected chi connectivity index (χ4v) is 2.66. The zero-order valence-electron chi connectivity index (χ0n) is 12.0. The van der Waals surface area contributed by atoms with Crippen LogP contribution < -0.4 is 5.56 Å². The maximum atomic E-state index is 12.8. The molecule has 0 saturated carbocycles. The zero-order chi connectivity index (χ0) is 16.9. The molecule has 0 saturated heterocycles. The van der Waals surface area contributed by atoms with E-state index in [9.17, 15) is 18.0 Å². The lowest BCUT2D eigenvalue weighted by molar-refractivity contribution is -0.137. The minimum absolute atomic E-state index is 0.235. The molecule has 0 unspecified atom stereocenters. The smallest absolute Gasteiger partial charge is 0.268 e. The van der Waals surface area contributed by atoms with E-state index in [4.69, 9.17) is 0 Å². The molecule has 0 aliphatic rings. The summed E-state index contributed by atoms with van der Waals surface area (Å²) in [7, 11) is 0. The highest BCUT2D eigenvalue weighted by Crippen LogP contribution is 2.29. The number of para-hydroxylation sites is 1. The molecule has 120 valence electrons. The molecule has 0 radical (unpaired) electrons. The second kappa shape index (κ2) is 4.92. The summed E-state index contributed by atoms with van der Waals surface area (Å²) in [5, 5.41) is 8.16. The summed E-state index contributed by atoms with van der Waals surface area (Å²) in [6.07, 6.45) is -2.98. The van der Waals surface area contributed by atoms with Crippen molar-refractivity contribution in [3.8, 4) is 5.69 Å². The first-order valence-electron chi connectivity index (χ1n) is 6.98. The van der Waals surface area contributed by atoms with Crippen molar-refractivity contribution < 1.29 is 13.2 Å². The fraction of sp³-hybridized carbons (Fsp3) is 0.0625. The van der Waals surface area contributed by atoms with E-state index in [1.807, 2.05) is 0 Å². The Kier molecular flexibility index (Phi) is 2.96. The van der Waals surface area contributed by atoms with Gasteiger partial charge in [-0.3, -0.25) is 9.20 Å². The number of aromatic nitrogens is 4. The van der Waals surface area contributed by atoms with Crippen LogP contribution in [-0.4, -0.2) is 19.2 Å². The summed E-state index contributed by atoms with van der Waals surface area (Å²) in [4.78, 5) is 12.8. The number of fused-ring (bicyclic) bond motifs is 3. The molecule has 0 aliphatic heterocycles. The Bertz CT molecular complexity index is 1110. The SMILES string of the molecule is O=c1c2ccccc2n2cnnc2n1-c1ccc(C(F)(F)F)cc1. The largest absolute Gasteiger partial charge is 0.416 e. The molecule has 0 fully saturated rings. The fourth-order valence-electron chi connectivity index (χ4n) is 2.66. The van der Waals surface area contributed by atoms with Crippen molar-refractivity contribution in [3.05, 3.63) is 70.8 Å². The van der Waals surface area contributed by atoms with Gasteiger partial charge < -0.3 is 0 Å². The van der Waals surface area contributed by atoms with E-state index >= 15 is 0 Å². The van der Waals surface area contributed by atoms with Crippen molar-refractivity contribution in [1.82, 2.24) is 19.2 Å². The number of benzene rings is 2. The van der Waals surface area contributed by atoms with E-state index in [0.29, 0.717) is 10.9 Å². The van der Waals surface area contributed by atoms with Crippen LogP contribution in [-0.2, 0) is 6.18 Å². The summed E-state index contributed by atoms with van der Waals surface area (Å²) in [6.45, 7) is 0. The molecule has 4 aromatic rings. The second-order valence-electron chi connectivity index (χ2n) is 5.20. The van der Waals surface area contributed by atoms with E-state index < -0.39 is 11.7 Å². The number of hydrogen-bond donors (Lipinski definition) is 0. The Morgan fingerprint density at radius 1 is 0.958 bits per heavy atom. The van der Waals surface area contributed by atoms with Crippen LogP contribution in [0.4, 0.5) is 13.2 Å². The molecule has 0 N–H and O–H groups in total. The Hall–Kier alpha value is -3.16. The molecule has 2 aromatic carbocycles. The molecular formula is C16H9F3N4O. The zero-order valence-corrected chi connectivity index (χ0v) is 12.0. The number of rotatable bonds is 1. The monoisotopic (exact) mass is 330 g/mol. The van der Waals surface area contributed by atoms with Crippen LogP contribution in [0.25, 0.3) is 22.4 Å². The first-order chi connectivity index (χ1) is 11.5. The summed E-state index contributed by atoms with van der Waals surface area (Å²) < 4.78 is 41.0. The Morgan fingerprint density at radius 3 is 2.38 bits per heavy atom. The van der Waals surface area contributed by atoms with Gasteiger partial charge in [0.05, 0.1) is 22.2 Å². The van der Waals surface area contributed by atoms with Gasteiger partial charge in [-0.05, 0) is 36.4 Å². The summed E-state index contributed by atoms with van der Waals surface area (Å²) >= 11 is 0. The summed E-state index contributed by atoms with van der Waals surface area (Å²) in [6, 6.07) is 11.3. The van der Waals surface area contributed by atoms with E-state index in [2.05, 4.69) is 10.2 Å². The second-order valence-corrected chi connectivity index (χ2v) is 5.20. The van der Waals surface area contributed by atoms with Gasteiger partial charge in [0.2, 0.25) is 5.78 Å². The highest BCUT2D eigenvalue weighted by atomic mass is 19.4. The van der Waals surface area contributed by atoms with Gasteiger partial charge >= 0.3 is 6.18 Å². The van der Waals surface area contributed by atoms with Gasteiger partial charge in [0, 0.05) is 0 Å². The van der Waals surface area contributed by atoms with Crippen molar-refractivity contribution in [2.45, 2.75) is 6.18 Å². The van der Waals surface area contributed by atoms with Gasteiger partial charge in [-0.25, -0.2) is 4.57 Å². The van der Waals surface area contributed by atoms with Crippen LogP contribution in [0.1, 0.15) is 5.56 Å². The minimum Gasteiger partial charge on any atom is -0.268 e. The van der Waals surface area contributed by atoms with Gasteiger partial charge in [-0.1, -0.05) is 12.1 Å². The Morgan fingerprint density at radius 2 is 1.67 bits per heavy atom. The molecule has 0 atom stereocenters. The molecule has 0 spiro atoms.